The highest BCUT2D eigenvalue weighted by Crippen LogP contribution is 2.41. The van der Waals surface area contributed by atoms with Crippen LogP contribution in [0, 0.1) is 0 Å². The predicted molar refractivity (Wildman–Crippen MR) is 269 cm³/mol. The first-order valence-corrected chi connectivity index (χ1v) is 26.2. The third-order valence-corrected chi connectivity index (χ3v) is 12.2. The number of aliphatic hydroxyl groups is 3. The van der Waals surface area contributed by atoms with E-state index >= 15 is 0 Å². The largest absolute Gasteiger partial charge is 0.467 e. The Morgan fingerprint density at radius 3 is 1.66 bits per heavy atom. The van der Waals surface area contributed by atoms with Crippen molar-refractivity contribution in [1.29, 1.82) is 0 Å². The fraction of sp³-hybridized carbons (Fsp3) is 0.816. The smallest absolute Gasteiger partial charge is 0.407 e. The minimum Gasteiger partial charge on any atom is -0.467 e. The second-order valence-corrected chi connectivity index (χ2v) is 21.5. The lowest BCUT2D eigenvalue weighted by Gasteiger charge is -2.49. The van der Waals surface area contributed by atoms with Crippen LogP contribution >= 0.6 is 11.8 Å². The molecule has 0 bridgehead atoms. The Labute approximate surface area is 434 Å². The number of aliphatic hydroxyl groups excluding tert-OH is 2. The molecule has 0 aromatic carbocycles. The van der Waals surface area contributed by atoms with Gasteiger partial charge in [0.2, 0.25) is 28.7 Å². The Morgan fingerprint density at radius 2 is 1.19 bits per heavy atom. The summed E-state index contributed by atoms with van der Waals surface area (Å²) in [5, 5.41) is 44.7. The number of primary amides is 1. The molecule has 10 N–H and O–H groups in total. The Morgan fingerprint density at radius 1 is 0.712 bits per heavy atom. The summed E-state index contributed by atoms with van der Waals surface area (Å²) in [7, 11) is 1.08. The molecule has 1 fully saturated rings. The topological polar surface area (TPSA) is 347 Å². The summed E-state index contributed by atoms with van der Waals surface area (Å²) in [6.07, 6.45) is -1.69. The zero-order valence-electron chi connectivity index (χ0n) is 44.6. The number of carbonyl (C=O) groups is 9. The number of nitrogens with two attached hydrogens (primary N) is 1. The van der Waals surface area contributed by atoms with Crippen molar-refractivity contribution >= 4 is 64.4 Å². The van der Waals surface area contributed by atoms with Crippen LogP contribution in [0.15, 0.2) is 0 Å². The van der Waals surface area contributed by atoms with E-state index in [-0.39, 0.29) is 37.4 Å². The highest BCUT2D eigenvalue weighted by atomic mass is 32.2. The molecule has 73 heavy (non-hydrogen) atoms. The van der Waals surface area contributed by atoms with Gasteiger partial charge in [0.15, 0.2) is 10.9 Å². The zero-order chi connectivity index (χ0) is 55.5. The van der Waals surface area contributed by atoms with Crippen LogP contribution in [0.4, 0.5) is 9.59 Å². The first kappa shape index (κ1) is 66.4. The number of nitrogens with one attached hydrogen (secondary N) is 5. The fourth-order valence-electron chi connectivity index (χ4n) is 7.45. The van der Waals surface area contributed by atoms with Gasteiger partial charge in [0.05, 0.1) is 7.11 Å². The van der Waals surface area contributed by atoms with E-state index in [1.165, 1.54) is 13.8 Å². The number of hydrogen-bond donors (Lipinski definition) is 9. The maximum absolute atomic E-state index is 13.5. The normalized spacial score (nSPS) is 20.5. The average Bonchev–Trinajstić information content (AvgIpc) is 3.27. The summed E-state index contributed by atoms with van der Waals surface area (Å²) in [5.74, 6) is -4.94. The quantitative estimate of drug-likeness (QED) is 0.0197. The van der Waals surface area contributed by atoms with Crippen LogP contribution in [0.3, 0.4) is 0 Å². The van der Waals surface area contributed by atoms with Crippen LogP contribution in [0.1, 0.15) is 171 Å². The average molecular weight is 1060 g/mol. The standard InChI is InChI=1S/C49H86N6O17S/c1-30(42(62)55-33(44(64)68-10)26-27-35(50)58)53-43(63)31(2)69-40-38(61)39(37(60)34(57)24-20-16-15-19-23-29-52-46(66)72-48(7,8)9)70-49(67,41(40)54-32(3)56)73-36(59)25-21-17-13-11-12-14-18-22-28-51-45(65)71-47(4,5)6/h30-31,33,37-41,60-61,67H,11-29H2,1-10H3,(H2,50,58)(H,51,65)(H,52,66)(H,53,63)(H,54,56)(H,55,62)/t30-,31+,33+,37?,38+,39+,40-,41+,49?/m0/s1. The summed E-state index contributed by atoms with van der Waals surface area (Å²) in [6.45, 7) is 15.2. The van der Waals surface area contributed by atoms with Gasteiger partial charge in [-0.25, -0.2) is 14.4 Å². The molecule has 23 nitrogen and oxygen atoms in total. The highest BCUT2D eigenvalue weighted by molar-refractivity contribution is 8.14. The van der Waals surface area contributed by atoms with Crippen LogP contribution < -0.4 is 32.3 Å². The van der Waals surface area contributed by atoms with E-state index in [0.29, 0.717) is 51.6 Å². The summed E-state index contributed by atoms with van der Waals surface area (Å²) < 4.78 is 27.0. The van der Waals surface area contributed by atoms with Crippen molar-refractivity contribution in [3.63, 3.8) is 0 Å². The van der Waals surface area contributed by atoms with Gasteiger partial charge in [-0.05, 0) is 99.3 Å². The van der Waals surface area contributed by atoms with Gasteiger partial charge < -0.3 is 71.3 Å². The molecule has 6 amide bonds. The monoisotopic (exact) mass is 1060 g/mol. The summed E-state index contributed by atoms with van der Waals surface area (Å²) in [5.41, 5.74) is 3.99. The lowest BCUT2D eigenvalue weighted by molar-refractivity contribution is -0.291. The lowest BCUT2D eigenvalue weighted by atomic mass is 9.90. The fourth-order valence-corrected chi connectivity index (χ4v) is 8.50. The molecule has 0 radical (unpaired) electrons. The van der Waals surface area contributed by atoms with Gasteiger partial charge >= 0.3 is 18.2 Å². The number of esters is 1. The highest BCUT2D eigenvalue weighted by Gasteiger charge is 2.59. The molecular weight excluding hydrogens is 977 g/mol. The Hall–Kier alpha value is -4.62. The third-order valence-electron chi connectivity index (χ3n) is 11.2. The van der Waals surface area contributed by atoms with Crippen LogP contribution in [0.5, 0.6) is 0 Å². The molecule has 1 aliphatic rings. The van der Waals surface area contributed by atoms with Crippen molar-refractivity contribution in [2.75, 3.05) is 20.2 Å². The second kappa shape index (κ2) is 33.3. The van der Waals surface area contributed by atoms with Gasteiger partial charge in [-0.1, -0.05) is 57.8 Å². The van der Waals surface area contributed by atoms with Crippen molar-refractivity contribution in [3.05, 3.63) is 0 Å². The molecule has 24 heteroatoms. The lowest BCUT2D eigenvalue weighted by Crippen LogP contribution is -2.72. The molecule has 2 unspecified atom stereocenters. The number of unbranched alkanes of at least 4 members (excludes halogenated alkanes) is 11. The second-order valence-electron chi connectivity index (χ2n) is 20.3. The number of Topliss-reactive ketones (excluding diaryl/α,β-unsaturated/α-hetero) is 1. The molecule has 0 spiro atoms. The molecule has 0 aliphatic carbocycles. The molecule has 0 aromatic heterocycles. The summed E-state index contributed by atoms with van der Waals surface area (Å²) in [4.78, 5) is 114. The van der Waals surface area contributed by atoms with E-state index in [4.69, 9.17) is 29.4 Å². The van der Waals surface area contributed by atoms with Gasteiger partial charge in [0.1, 0.15) is 59.8 Å². The number of methoxy groups -OCH3 is 1. The maximum Gasteiger partial charge on any atom is 0.407 e. The Bertz CT molecular complexity index is 1790. The van der Waals surface area contributed by atoms with Crippen molar-refractivity contribution in [2.24, 2.45) is 5.73 Å². The SMILES string of the molecule is COC(=O)[C@@H](CCC(N)=O)NC(=O)[C@H](C)NC(=O)[C@@H](C)O[C@H]1[C@H](O)[C@@H](C(O)C(=O)CCCCCCCNC(=O)OC(C)(C)C)OC(O)(SC(=O)CCCCCCCCCCNC(=O)OC(C)(C)C)[C@@H]1NC(C)=O. The molecule has 0 aromatic rings. The van der Waals surface area contributed by atoms with Gasteiger partial charge in [0.25, 0.3) is 0 Å². The van der Waals surface area contributed by atoms with Crippen LogP contribution in [-0.4, -0.2) is 153 Å². The number of ether oxygens (including phenoxy) is 5. The van der Waals surface area contributed by atoms with Gasteiger partial charge in [-0.2, -0.15) is 0 Å². The zero-order valence-corrected chi connectivity index (χ0v) is 45.4. The van der Waals surface area contributed by atoms with Crippen molar-refractivity contribution < 1.29 is 82.2 Å². The molecule has 9 atom stereocenters. The predicted octanol–water partition coefficient (Wildman–Crippen LogP) is 3.19. The summed E-state index contributed by atoms with van der Waals surface area (Å²) >= 11 is 0.270. The van der Waals surface area contributed by atoms with Crippen molar-refractivity contribution in [3.8, 4) is 0 Å². The summed E-state index contributed by atoms with van der Waals surface area (Å²) in [6, 6.07) is -4.38. The van der Waals surface area contributed by atoms with Crippen molar-refractivity contribution in [2.45, 2.75) is 236 Å². The number of ketones is 1. The van der Waals surface area contributed by atoms with E-state index in [1.54, 1.807) is 41.5 Å². The molecule has 1 aliphatic heterocycles. The van der Waals surface area contributed by atoms with Gasteiger partial charge in [-0.15, -0.1) is 0 Å². The minimum atomic E-state index is -2.76. The number of thioether (sulfide) groups is 1. The molecule has 0 saturated carbocycles. The van der Waals surface area contributed by atoms with Gasteiger partial charge in [0, 0.05) is 39.3 Å². The van der Waals surface area contributed by atoms with Crippen LogP contribution in [-0.2, 0) is 57.2 Å². The molecule has 1 saturated heterocycles. The Kier molecular flexibility index (Phi) is 30.3. The molecular formula is C49H86N6O17S. The van der Waals surface area contributed by atoms with E-state index in [2.05, 4.69) is 26.6 Å². The number of alkyl carbamates (subject to hydrolysis) is 2. The van der Waals surface area contributed by atoms with Crippen molar-refractivity contribution in [1.82, 2.24) is 26.6 Å². The molecule has 1 rings (SSSR count). The minimum absolute atomic E-state index is 0.0467. The number of hydrogen-bond acceptors (Lipinski definition) is 18. The van der Waals surface area contributed by atoms with Gasteiger partial charge in [-0.3, -0.25) is 28.8 Å². The molecule has 420 valence electrons. The third kappa shape index (κ3) is 28.0. The maximum atomic E-state index is 13.5. The first-order valence-electron chi connectivity index (χ1n) is 25.3. The number of carbonyl (C=O) groups excluding carboxylic acids is 9. The number of amides is 6. The molecule has 1 heterocycles. The first-order chi connectivity index (χ1) is 34.0. The van der Waals surface area contributed by atoms with E-state index in [9.17, 15) is 58.5 Å². The Balaban J connectivity index is 3.13. The van der Waals surface area contributed by atoms with E-state index < -0.39 is 118 Å². The van der Waals surface area contributed by atoms with E-state index in [1.807, 2.05) is 0 Å². The van der Waals surface area contributed by atoms with Crippen LogP contribution in [0.25, 0.3) is 0 Å². The van der Waals surface area contributed by atoms with E-state index in [0.717, 1.165) is 59.0 Å². The van der Waals surface area contributed by atoms with Crippen LogP contribution in [0.2, 0.25) is 0 Å². The number of rotatable bonds is 33.